The Kier molecular flexibility index (Phi) is 5.98. The van der Waals surface area contributed by atoms with E-state index in [2.05, 4.69) is 20.1 Å². The van der Waals surface area contributed by atoms with E-state index in [9.17, 15) is 9.59 Å². The van der Waals surface area contributed by atoms with Crippen LogP contribution in [-0.4, -0.2) is 39.5 Å². The second-order valence-electron chi connectivity index (χ2n) is 6.18. The molecule has 1 aliphatic rings. The summed E-state index contributed by atoms with van der Waals surface area (Å²) in [6.07, 6.45) is 4.38. The average Bonchev–Trinajstić information content (AvgIpc) is 3.02. The lowest BCUT2D eigenvalue weighted by molar-refractivity contribution is -0.113. The van der Waals surface area contributed by atoms with Crippen LogP contribution in [-0.2, 0) is 22.5 Å². The Labute approximate surface area is 160 Å². The molecule has 0 saturated heterocycles. The van der Waals surface area contributed by atoms with Crippen LogP contribution in [0.1, 0.15) is 45.9 Å². The van der Waals surface area contributed by atoms with Crippen molar-refractivity contribution < 1.29 is 14.3 Å². The molecule has 0 aromatic carbocycles. The fourth-order valence-corrected chi connectivity index (χ4v) is 4.77. The Morgan fingerprint density at radius 3 is 2.85 bits per heavy atom. The van der Waals surface area contributed by atoms with Gasteiger partial charge in [0.1, 0.15) is 10.8 Å². The molecule has 1 N–H and O–H groups in total. The zero-order valence-corrected chi connectivity index (χ0v) is 16.8. The van der Waals surface area contributed by atoms with Crippen molar-refractivity contribution in [2.75, 3.05) is 18.2 Å². The first-order valence-corrected chi connectivity index (χ1v) is 10.3. The van der Waals surface area contributed by atoms with Crippen molar-refractivity contribution in [3.63, 3.8) is 0 Å². The monoisotopic (exact) mass is 394 g/mol. The van der Waals surface area contributed by atoms with Crippen LogP contribution in [0, 0.1) is 13.8 Å². The van der Waals surface area contributed by atoms with E-state index < -0.39 is 5.97 Å². The van der Waals surface area contributed by atoms with E-state index in [1.807, 2.05) is 13.8 Å². The number of aryl methyl sites for hydroxylation is 2. The summed E-state index contributed by atoms with van der Waals surface area (Å²) >= 11 is 2.76. The van der Waals surface area contributed by atoms with Crippen LogP contribution in [0.5, 0.6) is 0 Å². The first-order valence-electron chi connectivity index (χ1n) is 8.54. The molecule has 0 aliphatic carbocycles. The lowest BCUT2D eigenvalue weighted by Crippen LogP contribution is -2.16. The number of aromatic nitrogens is 3. The molecule has 26 heavy (non-hydrogen) atoms. The third kappa shape index (κ3) is 3.93. The molecule has 3 rings (SSSR count). The zero-order valence-electron chi connectivity index (χ0n) is 15.1. The summed E-state index contributed by atoms with van der Waals surface area (Å²) < 4.78 is 6.95. The van der Waals surface area contributed by atoms with Crippen molar-refractivity contribution in [3.05, 3.63) is 21.8 Å². The molecule has 0 bridgehead atoms. The summed E-state index contributed by atoms with van der Waals surface area (Å²) in [5, 5.41) is 12.6. The van der Waals surface area contributed by atoms with Crippen molar-refractivity contribution in [2.24, 2.45) is 0 Å². The molecule has 7 nitrogen and oxygen atoms in total. The standard InChI is InChI=1S/C17H22N4O3S2/c1-10-11(2)26-15(14(10)16(23)24-3)18-13(22)9-25-17-20-19-12-7-5-4-6-8-21(12)17/h4-9H2,1-3H3,(H,18,22). The predicted molar refractivity (Wildman–Crippen MR) is 102 cm³/mol. The number of hydrogen-bond donors (Lipinski definition) is 1. The summed E-state index contributed by atoms with van der Waals surface area (Å²) in [4.78, 5) is 25.4. The molecule has 0 unspecified atom stereocenters. The zero-order chi connectivity index (χ0) is 18.7. The first kappa shape index (κ1) is 18.9. The molecule has 0 atom stereocenters. The minimum Gasteiger partial charge on any atom is -0.465 e. The molecular weight excluding hydrogens is 372 g/mol. The van der Waals surface area contributed by atoms with Gasteiger partial charge in [-0.15, -0.1) is 21.5 Å². The van der Waals surface area contributed by atoms with Gasteiger partial charge in [0.15, 0.2) is 5.16 Å². The van der Waals surface area contributed by atoms with E-state index in [1.165, 1.54) is 36.6 Å². The minimum absolute atomic E-state index is 0.174. The van der Waals surface area contributed by atoms with Crippen LogP contribution in [0.3, 0.4) is 0 Å². The van der Waals surface area contributed by atoms with Crippen molar-refractivity contribution >= 4 is 40.0 Å². The van der Waals surface area contributed by atoms with Gasteiger partial charge in [0, 0.05) is 17.8 Å². The largest absolute Gasteiger partial charge is 0.465 e. The lowest BCUT2D eigenvalue weighted by atomic mass is 10.1. The lowest BCUT2D eigenvalue weighted by Gasteiger charge is -2.07. The molecule has 0 radical (unpaired) electrons. The quantitative estimate of drug-likeness (QED) is 0.619. The smallest absolute Gasteiger partial charge is 0.341 e. The molecule has 1 aliphatic heterocycles. The fraction of sp³-hybridized carbons (Fsp3) is 0.529. The highest BCUT2D eigenvalue weighted by Gasteiger charge is 2.22. The average molecular weight is 395 g/mol. The van der Waals surface area contributed by atoms with Gasteiger partial charge in [-0.2, -0.15) is 0 Å². The molecule has 2 aromatic rings. The maximum Gasteiger partial charge on any atom is 0.341 e. The summed E-state index contributed by atoms with van der Waals surface area (Å²) in [6.45, 7) is 4.68. The first-order chi connectivity index (χ1) is 12.5. The summed E-state index contributed by atoms with van der Waals surface area (Å²) in [6, 6.07) is 0. The van der Waals surface area contributed by atoms with Gasteiger partial charge in [-0.25, -0.2) is 4.79 Å². The highest BCUT2D eigenvalue weighted by molar-refractivity contribution is 7.99. The number of carbonyl (C=O) groups excluding carboxylic acids is 2. The Balaban J connectivity index is 1.66. The van der Waals surface area contributed by atoms with Crippen LogP contribution in [0.4, 0.5) is 5.00 Å². The van der Waals surface area contributed by atoms with Crippen LogP contribution in [0.25, 0.3) is 0 Å². The molecule has 1 amide bonds. The number of esters is 1. The number of amides is 1. The molecule has 9 heteroatoms. The number of hydrogen-bond acceptors (Lipinski definition) is 7. The Bertz CT molecular complexity index is 828. The van der Waals surface area contributed by atoms with Crippen molar-refractivity contribution in [1.82, 2.24) is 14.8 Å². The second-order valence-corrected chi connectivity index (χ2v) is 8.34. The second kappa shape index (κ2) is 8.22. The predicted octanol–water partition coefficient (Wildman–Crippen LogP) is 3.20. The number of ether oxygens (including phenoxy) is 1. The summed E-state index contributed by atoms with van der Waals surface area (Å²) in [7, 11) is 1.34. The topological polar surface area (TPSA) is 86.1 Å². The number of nitrogens with zero attached hydrogens (tertiary/aromatic N) is 3. The third-order valence-corrected chi connectivity index (χ3v) is 6.53. The van der Waals surface area contributed by atoms with Gasteiger partial charge < -0.3 is 14.6 Å². The molecular formula is C17H22N4O3S2. The number of rotatable bonds is 5. The molecule has 0 spiro atoms. The number of anilines is 1. The van der Waals surface area contributed by atoms with E-state index in [0.29, 0.717) is 10.6 Å². The van der Waals surface area contributed by atoms with Gasteiger partial charge in [0.25, 0.3) is 0 Å². The van der Waals surface area contributed by atoms with Gasteiger partial charge >= 0.3 is 5.97 Å². The van der Waals surface area contributed by atoms with E-state index >= 15 is 0 Å². The summed E-state index contributed by atoms with van der Waals surface area (Å²) in [5.41, 5.74) is 1.28. The van der Waals surface area contributed by atoms with Crippen LogP contribution >= 0.6 is 23.1 Å². The number of thiophene rings is 1. The number of nitrogens with one attached hydrogen (secondary N) is 1. The van der Waals surface area contributed by atoms with Gasteiger partial charge in [0.05, 0.1) is 18.4 Å². The summed E-state index contributed by atoms with van der Waals surface area (Å²) in [5.74, 6) is 0.613. The van der Waals surface area contributed by atoms with E-state index in [-0.39, 0.29) is 11.7 Å². The number of methoxy groups -OCH3 is 1. The van der Waals surface area contributed by atoms with Crippen LogP contribution < -0.4 is 5.32 Å². The minimum atomic E-state index is -0.433. The van der Waals surface area contributed by atoms with Gasteiger partial charge in [-0.1, -0.05) is 18.2 Å². The van der Waals surface area contributed by atoms with E-state index in [1.54, 1.807) is 0 Å². The SMILES string of the molecule is COC(=O)c1c(NC(=O)CSc2nnc3n2CCCCC3)sc(C)c1C. The van der Waals surface area contributed by atoms with Crippen molar-refractivity contribution in [3.8, 4) is 0 Å². The maximum atomic E-state index is 12.4. The highest BCUT2D eigenvalue weighted by atomic mass is 32.2. The van der Waals surface area contributed by atoms with Gasteiger partial charge in [-0.05, 0) is 32.3 Å². The maximum absolute atomic E-state index is 12.4. The molecule has 2 aromatic heterocycles. The molecule has 0 saturated carbocycles. The number of carbonyl (C=O) groups is 2. The third-order valence-electron chi connectivity index (χ3n) is 4.44. The molecule has 140 valence electrons. The molecule has 0 fully saturated rings. The van der Waals surface area contributed by atoms with Gasteiger partial charge in [-0.3, -0.25) is 4.79 Å². The normalized spacial score (nSPS) is 13.8. The Morgan fingerprint density at radius 2 is 2.08 bits per heavy atom. The fourth-order valence-electron chi connectivity index (χ4n) is 2.92. The van der Waals surface area contributed by atoms with E-state index in [4.69, 9.17) is 4.74 Å². The van der Waals surface area contributed by atoms with Crippen LogP contribution in [0.15, 0.2) is 5.16 Å². The highest BCUT2D eigenvalue weighted by Crippen LogP contribution is 2.33. The number of thioether (sulfide) groups is 1. The van der Waals surface area contributed by atoms with Crippen molar-refractivity contribution in [1.29, 1.82) is 0 Å². The van der Waals surface area contributed by atoms with Crippen LogP contribution in [0.2, 0.25) is 0 Å². The Morgan fingerprint density at radius 1 is 1.27 bits per heavy atom. The van der Waals surface area contributed by atoms with Crippen molar-refractivity contribution in [2.45, 2.75) is 51.2 Å². The number of fused-ring (bicyclic) bond motifs is 1. The van der Waals surface area contributed by atoms with Gasteiger partial charge in [0.2, 0.25) is 5.91 Å². The van der Waals surface area contributed by atoms with E-state index in [0.717, 1.165) is 47.2 Å². The molecule has 3 heterocycles. The Hall–Kier alpha value is -1.87.